The lowest BCUT2D eigenvalue weighted by molar-refractivity contribution is 0.380. The van der Waals surface area contributed by atoms with Crippen LogP contribution in [0.5, 0.6) is 5.75 Å². The van der Waals surface area contributed by atoms with Gasteiger partial charge in [0.05, 0.1) is 12.1 Å². The Bertz CT molecular complexity index is 484. The van der Waals surface area contributed by atoms with Crippen molar-refractivity contribution in [3.8, 4) is 17.1 Å². The molecule has 2 aromatic rings. The third kappa shape index (κ3) is 1.93. The van der Waals surface area contributed by atoms with Gasteiger partial charge in [-0.1, -0.05) is 16.8 Å². The van der Waals surface area contributed by atoms with Gasteiger partial charge < -0.3 is 15.4 Å². The summed E-state index contributed by atoms with van der Waals surface area (Å²) in [4.78, 5) is 3.98. The van der Waals surface area contributed by atoms with Crippen molar-refractivity contribution < 1.29 is 9.63 Å². The Morgan fingerprint density at radius 1 is 1.47 bits per heavy atom. The second-order valence-electron chi connectivity index (χ2n) is 2.88. The van der Waals surface area contributed by atoms with Crippen LogP contribution in [0.3, 0.4) is 0 Å². The number of phenols is 1. The molecule has 2 rings (SSSR count). The van der Waals surface area contributed by atoms with E-state index in [4.69, 9.17) is 21.9 Å². The highest BCUT2D eigenvalue weighted by atomic mass is 35.5. The van der Waals surface area contributed by atoms with Gasteiger partial charge >= 0.3 is 0 Å². The third-order valence-electron chi connectivity index (χ3n) is 1.84. The molecule has 0 spiro atoms. The molecule has 0 bridgehead atoms. The molecule has 3 N–H and O–H groups in total. The van der Waals surface area contributed by atoms with Crippen LogP contribution in [0, 0.1) is 0 Å². The molecule has 0 unspecified atom stereocenters. The fourth-order valence-electron chi connectivity index (χ4n) is 1.14. The van der Waals surface area contributed by atoms with Crippen molar-refractivity contribution in [1.29, 1.82) is 0 Å². The monoisotopic (exact) mass is 225 g/mol. The molecule has 0 radical (unpaired) electrons. The molecule has 15 heavy (non-hydrogen) atoms. The van der Waals surface area contributed by atoms with Crippen LogP contribution < -0.4 is 5.73 Å². The summed E-state index contributed by atoms with van der Waals surface area (Å²) in [6.07, 6.45) is 0. The van der Waals surface area contributed by atoms with E-state index in [2.05, 4.69) is 10.1 Å². The maximum absolute atomic E-state index is 9.59. The molecule has 0 aliphatic rings. The average molecular weight is 226 g/mol. The normalized spacial score (nSPS) is 10.5. The zero-order valence-corrected chi connectivity index (χ0v) is 8.40. The van der Waals surface area contributed by atoms with Gasteiger partial charge in [-0.3, -0.25) is 0 Å². The van der Waals surface area contributed by atoms with Gasteiger partial charge in [-0.15, -0.1) is 0 Å². The fraction of sp³-hybridized carbons (Fsp3) is 0.111. The smallest absolute Gasteiger partial charge is 0.240 e. The van der Waals surface area contributed by atoms with Crippen molar-refractivity contribution in [2.45, 2.75) is 6.54 Å². The summed E-state index contributed by atoms with van der Waals surface area (Å²) in [5.74, 6) is 0.621. The molecule has 1 heterocycles. The van der Waals surface area contributed by atoms with Crippen molar-refractivity contribution in [3.05, 3.63) is 29.1 Å². The van der Waals surface area contributed by atoms with E-state index < -0.39 is 0 Å². The highest BCUT2D eigenvalue weighted by Crippen LogP contribution is 2.29. The number of benzene rings is 1. The first-order valence-electron chi connectivity index (χ1n) is 4.22. The minimum atomic E-state index is 0.00636. The summed E-state index contributed by atoms with van der Waals surface area (Å²) in [5, 5.41) is 13.7. The summed E-state index contributed by atoms with van der Waals surface area (Å²) in [5.41, 5.74) is 5.78. The number of nitrogens with zero attached hydrogens (tertiary/aromatic N) is 2. The summed E-state index contributed by atoms with van der Waals surface area (Å²) >= 11 is 5.69. The number of hydrogen-bond acceptors (Lipinski definition) is 5. The van der Waals surface area contributed by atoms with Gasteiger partial charge in [0.1, 0.15) is 5.75 Å². The molecule has 0 fully saturated rings. The molecule has 0 aliphatic heterocycles. The SMILES string of the molecule is NCc1nc(-c2ccc(Cl)cc2O)no1. The molecular weight excluding hydrogens is 218 g/mol. The topological polar surface area (TPSA) is 85.2 Å². The number of phenolic OH excluding ortho intramolecular Hbond substituents is 1. The lowest BCUT2D eigenvalue weighted by Crippen LogP contribution is -1.95. The summed E-state index contributed by atoms with van der Waals surface area (Å²) in [7, 11) is 0. The number of aromatic hydroxyl groups is 1. The van der Waals surface area contributed by atoms with Crippen LogP contribution in [0.15, 0.2) is 22.7 Å². The fourth-order valence-corrected chi connectivity index (χ4v) is 1.31. The van der Waals surface area contributed by atoms with Gasteiger partial charge in [0.15, 0.2) is 0 Å². The highest BCUT2D eigenvalue weighted by molar-refractivity contribution is 6.30. The van der Waals surface area contributed by atoms with E-state index in [1.54, 1.807) is 12.1 Å². The van der Waals surface area contributed by atoms with Gasteiger partial charge in [-0.25, -0.2) is 0 Å². The minimum absolute atomic E-state index is 0.00636. The van der Waals surface area contributed by atoms with Crippen LogP contribution >= 0.6 is 11.6 Å². The zero-order chi connectivity index (χ0) is 10.8. The zero-order valence-electron chi connectivity index (χ0n) is 7.64. The first kappa shape index (κ1) is 9.95. The molecule has 1 aromatic heterocycles. The first-order valence-corrected chi connectivity index (χ1v) is 4.60. The van der Waals surface area contributed by atoms with Crippen LogP contribution in [0.25, 0.3) is 11.4 Å². The Labute approximate surface area is 90.5 Å². The standard InChI is InChI=1S/C9H8ClN3O2/c10-5-1-2-6(7(14)3-5)9-12-8(4-11)15-13-9/h1-3,14H,4,11H2. The molecule has 78 valence electrons. The van der Waals surface area contributed by atoms with Crippen molar-refractivity contribution in [2.24, 2.45) is 5.73 Å². The van der Waals surface area contributed by atoms with Gasteiger partial charge in [-0.2, -0.15) is 4.98 Å². The van der Waals surface area contributed by atoms with E-state index in [0.29, 0.717) is 22.3 Å². The van der Waals surface area contributed by atoms with E-state index in [1.165, 1.54) is 6.07 Å². The van der Waals surface area contributed by atoms with E-state index in [0.717, 1.165) is 0 Å². The molecule has 5 nitrogen and oxygen atoms in total. The Balaban J connectivity index is 2.44. The quantitative estimate of drug-likeness (QED) is 0.810. The molecule has 0 amide bonds. The van der Waals surface area contributed by atoms with Crippen LogP contribution in [-0.4, -0.2) is 15.2 Å². The van der Waals surface area contributed by atoms with E-state index in [-0.39, 0.29) is 12.3 Å². The number of nitrogens with two attached hydrogens (primary N) is 1. The van der Waals surface area contributed by atoms with Gasteiger partial charge in [0, 0.05) is 5.02 Å². The predicted octanol–water partition coefficient (Wildman–Crippen LogP) is 1.55. The maximum atomic E-state index is 9.59. The first-order chi connectivity index (χ1) is 7.20. The molecule has 0 aliphatic carbocycles. The summed E-state index contributed by atoms with van der Waals surface area (Å²) in [6, 6.07) is 4.66. The maximum Gasteiger partial charge on any atom is 0.240 e. The lowest BCUT2D eigenvalue weighted by Gasteiger charge is -1.98. The second kappa shape index (κ2) is 3.88. The second-order valence-corrected chi connectivity index (χ2v) is 3.31. The van der Waals surface area contributed by atoms with Crippen molar-refractivity contribution in [2.75, 3.05) is 0 Å². The highest BCUT2D eigenvalue weighted by Gasteiger charge is 2.11. The van der Waals surface area contributed by atoms with Crippen LogP contribution in [0.4, 0.5) is 0 Å². The number of rotatable bonds is 2. The van der Waals surface area contributed by atoms with E-state index >= 15 is 0 Å². The van der Waals surface area contributed by atoms with Crippen molar-refractivity contribution in [3.63, 3.8) is 0 Å². The van der Waals surface area contributed by atoms with Gasteiger partial charge in [-0.05, 0) is 18.2 Å². The van der Waals surface area contributed by atoms with E-state index in [9.17, 15) is 5.11 Å². The Hall–Kier alpha value is -1.59. The average Bonchev–Trinajstić information content (AvgIpc) is 2.66. The predicted molar refractivity (Wildman–Crippen MR) is 54.3 cm³/mol. The molecule has 0 saturated carbocycles. The Morgan fingerprint density at radius 2 is 2.27 bits per heavy atom. The molecule has 0 atom stereocenters. The Morgan fingerprint density at radius 3 is 2.87 bits per heavy atom. The van der Waals surface area contributed by atoms with Crippen LogP contribution in [0.2, 0.25) is 5.02 Å². The van der Waals surface area contributed by atoms with Crippen molar-refractivity contribution >= 4 is 11.6 Å². The van der Waals surface area contributed by atoms with E-state index in [1.807, 2.05) is 0 Å². The van der Waals surface area contributed by atoms with Crippen molar-refractivity contribution in [1.82, 2.24) is 10.1 Å². The number of hydrogen-bond donors (Lipinski definition) is 2. The van der Waals surface area contributed by atoms with Crippen LogP contribution in [-0.2, 0) is 6.54 Å². The summed E-state index contributed by atoms with van der Waals surface area (Å²) < 4.78 is 4.82. The largest absolute Gasteiger partial charge is 0.507 e. The molecular formula is C9H8ClN3O2. The number of halogens is 1. The lowest BCUT2D eigenvalue weighted by atomic mass is 10.2. The Kier molecular flexibility index (Phi) is 2.57. The van der Waals surface area contributed by atoms with Gasteiger partial charge in [0.2, 0.25) is 11.7 Å². The minimum Gasteiger partial charge on any atom is -0.507 e. The van der Waals surface area contributed by atoms with Crippen LogP contribution in [0.1, 0.15) is 5.89 Å². The molecule has 6 heteroatoms. The van der Waals surface area contributed by atoms with Gasteiger partial charge in [0.25, 0.3) is 0 Å². The summed E-state index contributed by atoms with van der Waals surface area (Å²) in [6.45, 7) is 0.168. The number of aromatic nitrogens is 2. The third-order valence-corrected chi connectivity index (χ3v) is 2.08. The molecule has 1 aromatic carbocycles. The molecule has 0 saturated heterocycles.